The molecule has 1 N–H and O–H groups in total. The van der Waals surface area contributed by atoms with Crippen LogP contribution in [-0.2, 0) is 4.79 Å². The number of nitriles is 1. The Balaban J connectivity index is 2.52. The minimum atomic E-state index is -1.13. The summed E-state index contributed by atoms with van der Waals surface area (Å²) in [5.41, 5.74) is 1.83. The van der Waals surface area contributed by atoms with Crippen LogP contribution in [-0.4, -0.2) is 42.0 Å². The summed E-state index contributed by atoms with van der Waals surface area (Å²) in [6, 6.07) is 5.31. The number of carbonyl (C=O) groups excluding carboxylic acids is 1. The predicted octanol–water partition coefficient (Wildman–Crippen LogP) is 1.25. The maximum Gasteiger partial charge on any atom is 0.326 e. The number of aliphatic carboxylic acids is 1. The first-order chi connectivity index (χ1) is 9.38. The minimum absolute atomic E-state index is 0.398. The van der Waals surface area contributed by atoms with Crippen molar-refractivity contribution in [3.63, 3.8) is 0 Å². The van der Waals surface area contributed by atoms with Gasteiger partial charge in [-0.05, 0) is 25.1 Å². The SMILES string of the molecule is CC(C(=O)O)N1C(=O)c2ccc(N(C)C)cc2C1C#N. The lowest BCUT2D eigenvalue weighted by Crippen LogP contribution is -2.41. The molecule has 1 aliphatic heterocycles. The van der Waals surface area contributed by atoms with Crippen LogP contribution >= 0.6 is 0 Å². The van der Waals surface area contributed by atoms with Gasteiger partial charge in [0.15, 0.2) is 0 Å². The molecule has 1 aliphatic rings. The highest BCUT2D eigenvalue weighted by Crippen LogP contribution is 2.36. The molecular formula is C14H15N3O3. The fraction of sp³-hybridized carbons (Fsp3) is 0.357. The zero-order valence-corrected chi connectivity index (χ0v) is 11.5. The van der Waals surface area contributed by atoms with E-state index >= 15 is 0 Å². The van der Waals surface area contributed by atoms with Crippen molar-refractivity contribution in [3.05, 3.63) is 29.3 Å². The number of benzene rings is 1. The highest BCUT2D eigenvalue weighted by Gasteiger charge is 2.41. The molecule has 104 valence electrons. The van der Waals surface area contributed by atoms with E-state index in [2.05, 4.69) is 0 Å². The average Bonchev–Trinajstić information content (AvgIpc) is 2.69. The van der Waals surface area contributed by atoms with Gasteiger partial charge in [0.25, 0.3) is 5.91 Å². The third-order valence-corrected chi connectivity index (χ3v) is 3.49. The lowest BCUT2D eigenvalue weighted by molar-refractivity contribution is -0.142. The van der Waals surface area contributed by atoms with Gasteiger partial charge in [0.1, 0.15) is 12.1 Å². The molecule has 1 aromatic carbocycles. The Morgan fingerprint density at radius 2 is 2.15 bits per heavy atom. The third kappa shape index (κ3) is 1.97. The molecule has 6 nitrogen and oxygen atoms in total. The molecule has 0 aromatic heterocycles. The van der Waals surface area contributed by atoms with Crippen molar-refractivity contribution in [1.82, 2.24) is 4.90 Å². The molecule has 0 aliphatic carbocycles. The van der Waals surface area contributed by atoms with Gasteiger partial charge < -0.3 is 14.9 Å². The van der Waals surface area contributed by atoms with E-state index in [1.807, 2.05) is 25.1 Å². The van der Waals surface area contributed by atoms with Crippen molar-refractivity contribution in [2.45, 2.75) is 19.0 Å². The van der Waals surface area contributed by atoms with Crippen molar-refractivity contribution in [2.75, 3.05) is 19.0 Å². The number of amides is 1. The number of nitrogens with zero attached hydrogens (tertiary/aromatic N) is 3. The fourth-order valence-corrected chi connectivity index (χ4v) is 2.31. The van der Waals surface area contributed by atoms with Crippen LogP contribution in [0.15, 0.2) is 18.2 Å². The number of hydrogen-bond acceptors (Lipinski definition) is 4. The second-order valence-electron chi connectivity index (χ2n) is 4.92. The zero-order chi connectivity index (χ0) is 15.0. The van der Waals surface area contributed by atoms with E-state index in [1.165, 1.54) is 6.92 Å². The highest BCUT2D eigenvalue weighted by molar-refractivity contribution is 6.02. The van der Waals surface area contributed by atoms with Gasteiger partial charge in [-0.1, -0.05) is 0 Å². The van der Waals surface area contributed by atoms with Gasteiger partial charge in [-0.25, -0.2) is 4.79 Å². The summed E-state index contributed by atoms with van der Waals surface area (Å²) in [5.74, 6) is -1.54. The summed E-state index contributed by atoms with van der Waals surface area (Å²) in [6.07, 6.45) is 0. The van der Waals surface area contributed by atoms with Crippen molar-refractivity contribution in [1.29, 1.82) is 5.26 Å². The average molecular weight is 273 g/mol. The molecule has 2 atom stereocenters. The Labute approximate surface area is 116 Å². The molecule has 1 aromatic rings. The first kappa shape index (κ1) is 13.9. The zero-order valence-electron chi connectivity index (χ0n) is 11.5. The number of carbonyl (C=O) groups is 2. The van der Waals surface area contributed by atoms with Crippen LogP contribution in [0.5, 0.6) is 0 Å². The summed E-state index contributed by atoms with van der Waals surface area (Å²) in [6.45, 7) is 1.41. The van der Waals surface area contributed by atoms with Gasteiger partial charge in [0.2, 0.25) is 0 Å². The first-order valence-electron chi connectivity index (χ1n) is 6.14. The molecule has 0 fully saturated rings. The number of hydrogen-bond donors (Lipinski definition) is 1. The second-order valence-corrected chi connectivity index (χ2v) is 4.92. The highest BCUT2D eigenvalue weighted by atomic mass is 16.4. The van der Waals surface area contributed by atoms with Crippen molar-refractivity contribution >= 4 is 17.6 Å². The minimum Gasteiger partial charge on any atom is -0.480 e. The maximum atomic E-state index is 12.3. The van der Waals surface area contributed by atoms with Gasteiger partial charge in [0.05, 0.1) is 6.07 Å². The molecule has 1 amide bonds. The topological polar surface area (TPSA) is 84.6 Å². The first-order valence-corrected chi connectivity index (χ1v) is 6.14. The van der Waals surface area contributed by atoms with Crippen LogP contribution in [0.4, 0.5) is 5.69 Å². The number of fused-ring (bicyclic) bond motifs is 1. The van der Waals surface area contributed by atoms with E-state index in [0.717, 1.165) is 10.6 Å². The van der Waals surface area contributed by atoms with Gasteiger partial charge in [-0.2, -0.15) is 5.26 Å². The molecule has 1 heterocycles. The standard InChI is InChI=1S/C14H15N3O3/c1-8(14(19)20)17-12(7-15)11-6-9(16(2)3)4-5-10(11)13(17)18/h4-6,8,12H,1-3H3,(H,19,20). The van der Waals surface area contributed by atoms with E-state index in [4.69, 9.17) is 5.11 Å². The van der Waals surface area contributed by atoms with Crippen LogP contribution < -0.4 is 4.90 Å². The summed E-state index contributed by atoms with van der Waals surface area (Å²) < 4.78 is 0. The van der Waals surface area contributed by atoms with E-state index in [1.54, 1.807) is 18.2 Å². The van der Waals surface area contributed by atoms with Crippen LogP contribution in [0.2, 0.25) is 0 Å². The Kier molecular flexibility index (Phi) is 3.36. The van der Waals surface area contributed by atoms with Crippen molar-refractivity contribution in [3.8, 4) is 6.07 Å². The largest absolute Gasteiger partial charge is 0.480 e. The lowest BCUT2D eigenvalue weighted by atomic mass is 10.0. The molecule has 0 bridgehead atoms. The molecule has 0 spiro atoms. The van der Waals surface area contributed by atoms with Crippen molar-refractivity contribution < 1.29 is 14.7 Å². The van der Waals surface area contributed by atoms with Gasteiger partial charge in [0, 0.05) is 30.9 Å². The molecular weight excluding hydrogens is 258 g/mol. The molecule has 0 saturated heterocycles. The van der Waals surface area contributed by atoms with Gasteiger partial charge in [-0.3, -0.25) is 4.79 Å². The summed E-state index contributed by atoms with van der Waals surface area (Å²) in [7, 11) is 3.72. The summed E-state index contributed by atoms with van der Waals surface area (Å²) in [5, 5.41) is 18.4. The van der Waals surface area contributed by atoms with Gasteiger partial charge in [-0.15, -0.1) is 0 Å². The van der Waals surface area contributed by atoms with Crippen LogP contribution in [0.25, 0.3) is 0 Å². The molecule has 20 heavy (non-hydrogen) atoms. The van der Waals surface area contributed by atoms with E-state index in [0.29, 0.717) is 11.1 Å². The Morgan fingerprint density at radius 1 is 1.50 bits per heavy atom. The lowest BCUT2D eigenvalue weighted by Gasteiger charge is -2.24. The number of carboxylic acids is 1. The molecule has 2 rings (SSSR count). The molecule has 6 heteroatoms. The number of rotatable bonds is 3. The van der Waals surface area contributed by atoms with Crippen LogP contribution in [0, 0.1) is 11.3 Å². The Morgan fingerprint density at radius 3 is 2.65 bits per heavy atom. The Bertz CT molecular complexity index is 619. The molecule has 0 radical (unpaired) electrons. The number of carboxylic acid groups (broad SMARTS) is 1. The third-order valence-electron chi connectivity index (χ3n) is 3.49. The normalized spacial score (nSPS) is 18.4. The van der Waals surface area contributed by atoms with E-state index in [9.17, 15) is 14.9 Å². The number of anilines is 1. The predicted molar refractivity (Wildman–Crippen MR) is 72.4 cm³/mol. The molecule has 0 saturated carbocycles. The second kappa shape index (κ2) is 4.85. The quantitative estimate of drug-likeness (QED) is 0.895. The van der Waals surface area contributed by atoms with Gasteiger partial charge >= 0.3 is 5.97 Å². The summed E-state index contributed by atoms with van der Waals surface area (Å²) in [4.78, 5) is 26.4. The summed E-state index contributed by atoms with van der Waals surface area (Å²) >= 11 is 0. The monoisotopic (exact) mass is 273 g/mol. The van der Waals surface area contributed by atoms with E-state index in [-0.39, 0.29) is 0 Å². The van der Waals surface area contributed by atoms with Crippen LogP contribution in [0.1, 0.15) is 28.9 Å². The Hall–Kier alpha value is -2.55. The smallest absolute Gasteiger partial charge is 0.326 e. The van der Waals surface area contributed by atoms with Crippen molar-refractivity contribution in [2.24, 2.45) is 0 Å². The van der Waals surface area contributed by atoms with E-state index < -0.39 is 24.0 Å². The fourth-order valence-electron chi connectivity index (χ4n) is 2.31. The maximum absolute atomic E-state index is 12.3. The van der Waals surface area contributed by atoms with Crippen LogP contribution in [0.3, 0.4) is 0 Å². The molecule has 2 unspecified atom stereocenters.